The second-order valence-electron chi connectivity index (χ2n) is 7.67. The molecule has 0 radical (unpaired) electrons. The Bertz CT molecular complexity index is 411. The maximum absolute atomic E-state index is 9.94. The summed E-state index contributed by atoms with van der Waals surface area (Å²) in [5.74, 6) is 1.99. The van der Waals surface area contributed by atoms with Gasteiger partial charge in [-0.3, -0.25) is 0 Å². The number of aryl methyl sites for hydroxylation is 1. The minimum atomic E-state index is 0.261. The Labute approximate surface area is 136 Å². The Morgan fingerprint density at radius 3 is 2.77 bits per heavy atom. The molecule has 1 aliphatic rings. The van der Waals surface area contributed by atoms with Crippen molar-refractivity contribution in [3.05, 3.63) is 24.2 Å². The Balaban J connectivity index is 2.09. The van der Waals surface area contributed by atoms with Crippen LogP contribution in [-0.2, 0) is 6.42 Å². The van der Waals surface area contributed by atoms with Gasteiger partial charge in [0.25, 0.3) is 0 Å². The van der Waals surface area contributed by atoms with Crippen molar-refractivity contribution in [2.75, 3.05) is 6.61 Å². The van der Waals surface area contributed by atoms with Crippen LogP contribution >= 0.6 is 0 Å². The van der Waals surface area contributed by atoms with Crippen LogP contribution in [0.3, 0.4) is 0 Å². The van der Waals surface area contributed by atoms with E-state index in [9.17, 15) is 5.11 Å². The van der Waals surface area contributed by atoms with Gasteiger partial charge in [0.1, 0.15) is 0 Å². The summed E-state index contributed by atoms with van der Waals surface area (Å²) in [5, 5.41) is 9.94. The minimum Gasteiger partial charge on any atom is -0.472 e. The molecule has 1 aromatic rings. The van der Waals surface area contributed by atoms with Gasteiger partial charge >= 0.3 is 0 Å². The molecule has 4 unspecified atom stereocenters. The summed E-state index contributed by atoms with van der Waals surface area (Å²) in [7, 11) is 0. The molecule has 0 aromatic carbocycles. The Morgan fingerprint density at radius 1 is 1.32 bits per heavy atom. The van der Waals surface area contributed by atoms with E-state index < -0.39 is 0 Å². The van der Waals surface area contributed by atoms with E-state index in [1.165, 1.54) is 50.5 Å². The highest BCUT2D eigenvalue weighted by atomic mass is 16.3. The highest BCUT2D eigenvalue weighted by Crippen LogP contribution is 2.52. The van der Waals surface area contributed by atoms with Crippen LogP contribution in [-0.4, -0.2) is 11.7 Å². The predicted octanol–water partition coefficient (Wildman–Crippen LogP) is 5.45. The third kappa shape index (κ3) is 3.95. The van der Waals surface area contributed by atoms with Crippen LogP contribution in [0.1, 0.15) is 71.3 Å². The van der Waals surface area contributed by atoms with Gasteiger partial charge in [-0.2, -0.15) is 0 Å². The summed E-state index contributed by atoms with van der Waals surface area (Å²) in [4.78, 5) is 0. The van der Waals surface area contributed by atoms with Crippen molar-refractivity contribution in [1.29, 1.82) is 0 Å². The first-order valence-electron chi connectivity index (χ1n) is 9.23. The fourth-order valence-electron chi connectivity index (χ4n) is 4.71. The molecule has 1 heterocycles. The molecule has 1 N–H and O–H groups in total. The molecular formula is C20H34O2. The van der Waals surface area contributed by atoms with Crippen LogP contribution in [0.4, 0.5) is 0 Å². The van der Waals surface area contributed by atoms with Gasteiger partial charge in [-0.15, -0.1) is 0 Å². The molecule has 0 amide bonds. The van der Waals surface area contributed by atoms with Gasteiger partial charge in [0.05, 0.1) is 12.5 Å². The third-order valence-electron chi connectivity index (χ3n) is 6.31. The van der Waals surface area contributed by atoms with Crippen molar-refractivity contribution >= 4 is 0 Å². The van der Waals surface area contributed by atoms with E-state index in [1.807, 2.05) is 6.26 Å². The normalized spacial score (nSPS) is 32.3. The molecule has 1 aliphatic carbocycles. The Morgan fingerprint density at radius 2 is 2.14 bits per heavy atom. The molecule has 2 nitrogen and oxygen atoms in total. The summed E-state index contributed by atoms with van der Waals surface area (Å²) < 4.78 is 5.22. The van der Waals surface area contributed by atoms with E-state index in [1.54, 1.807) is 6.26 Å². The second kappa shape index (κ2) is 8.19. The van der Waals surface area contributed by atoms with Crippen LogP contribution in [0.25, 0.3) is 0 Å². The zero-order chi connectivity index (χ0) is 16.0. The van der Waals surface area contributed by atoms with Gasteiger partial charge in [0.15, 0.2) is 0 Å². The van der Waals surface area contributed by atoms with E-state index in [2.05, 4.69) is 26.8 Å². The quantitative estimate of drug-likeness (QED) is 0.647. The summed E-state index contributed by atoms with van der Waals surface area (Å²) in [6.07, 6.45) is 13.6. The Hall–Kier alpha value is -0.760. The van der Waals surface area contributed by atoms with E-state index in [0.29, 0.717) is 12.5 Å². The molecular weight excluding hydrogens is 272 g/mol. The largest absolute Gasteiger partial charge is 0.472 e. The van der Waals surface area contributed by atoms with Gasteiger partial charge < -0.3 is 9.52 Å². The van der Waals surface area contributed by atoms with Crippen LogP contribution in [0.5, 0.6) is 0 Å². The van der Waals surface area contributed by atoms with Crippen molar-refractivity contribution in [2.24, 2.45) is 23.2 Å². The zero-order valence-corrected chi connectivity index (χ0v) is 14.7. The lowest BCUT2D eigenvalue weighted by atomic mass is 9.55. The number of unbranched alkanes of at least 4 members (excludes halogenated alkanes) is 2. The van der Waals surface area contributed by atoms with E-state index in [-0.39, 0.29) is 5.41 Å². The van der Waals surface area contributed by atoms with Crippen LogP contribution in [0, 0.1) is 23.2 Å². The van der Waals surface area contributed by atoms with Gasteiger partial charge in [-0.1, -0.05) is 46.5 Å². The summed E-state index contributed by atoms with van der Waals surface area (Å²) >= 11 is 0. The molecule has 4 atom stereocenters. The minimum absolute atomic E-state index is 0.261. The fourth-order valence-corrected chi connectivity index (χ4v) is 4.71. The number of furan rings is 1. The summed E-state index contributed by atoms with van der Waals surface area (Å²) in [5.41, 5.74) is 1.56. The van der Waals surface area contributed by atoms with Crippen LogP contribution in [0.2, 0.25) is 0 Å². The Kier molecular flexibility index (Phi) is 6.55. The average molecular weight is 306 g/mol. The van der Waals surface area contributed by atoms with Crippen molar-refractivity contribution in [3.8, 4) is 0 Å². The van der Waals surface area contributed by atoms with E-state index in [0.717, 1.165) is 18.3 Å². The molecule has 2 rings (SSSR count). The third-order valence-corrected chi connectivity index (χ3v) is 6.31. The maximum atomic E-state index is 9.94. The lowest BCUT2D eigenvalue weighted by Crippen LogP contribution is -2.44. The molecule has 2 heteroatoms. The van der Waals surface area contributed by atoms with Crippen molar-refractivity contribution in [1.82, 2.24) is 0 Å². The monoisotopic (exact) mass is 306 g/mol. The van der Waals surface area contributed by atoms with Gasteiger partial charge in [0.2, 0.25) is 0 Å². The SMILES string of the molecule is CCCCCC1C(C)CCC(CO)C1(C)CCc1ccoc1. The molecule has 0 bridgehead atoms. The van der Waals surface area contributed by atoms with Crippen molar-refractivity contribution < 1.29 is 9.52 Å². The van der Waals surface area contributed by atoms with Gasteiger partial charge in [-0.25, -0.2) is 0 Å². The second-order valence-corrected chi connectivity index (χ2v) is 7.67. The first-order valence-corrected chi connectivity index (χ1v) is 9.23. The first kappa shape index (κ1) is 17.6. The molecule has 22 heavy (non-hydrogen) atoms. The predicted molar refractivity (Wildman–Crippen MR) is 91.7 cm³/mol. The summed E-state index contributed by atoms with van der Waals surface area (Å²) in [6, 6.07) is 2.08. The van der Waals surface area contributed by atoms with Gasteiger partial charge in [-0.05, 0) is 60.5 Å². The topological polar surface area (TPSA) is 33.4 Å². The highest BCUT2D eigenvalue weighted by molar-refractivity contribution is 5.07. The molecule has 1 aromatic heterocycles. The average Bonchev–Trinajstić information content (AvgIpc) is 3.02. The number of hydrogen-bond donors (Lipinski definition) is 1. The zero-order valence-electron chi connectivity index (χ0n) is 14.7. The smallest absolute Gasteiger partial charge is 0.0934 e. The van der Waals surface area contributed by atoms with E-state index >= 15 is 0 Å². The highest BCUT2D eigenvalue weighted by Gasteiger charge is 2.45. The molecule has 1 saturated carbocycles. The van der Waals surface area contributed by atoms with Crippen molar-refractivity contribution in [2.45, 2.75) is 72.1 Å². The summed E-state index contributed by atoms with van der Waals surface area (Å²) in [6.45, 7) is 7.50. The van der Waals surface area contributed by atoms with Crippen LogP contribution < -0.4 is 0 Å². The number of aliphatic hydroxyl groups excluding tert-OH is 1. The number of rotatable bonds is 8. The first-order chi connectivity index (χ1) is 10.6. The molecule has 0 spiro atoms. The lowest BCUT2D eigenvalue weighted by molar-refractivity contribution is -0.0357. The number of hydrogen-bond acceptors (Lipinski definition) is 2. The van der Waals surface area contributed by atoms with Crippen LogP contribution in [0.15, 0.2) is 23.0 Å². The molecule has 1 fully saturated rings. The maximum Gasteiger partial charge on any atom is 0.0934 e. The standard InChI is InChI=1S/C20H34O2/c1-4-5-6-7-19-16(2)8-9-18(14-21)20(19,3)12-10-17-11-13-22-15-17/h11,13,15-16,18-19,21H,4-10,12,14H2,1-3H3. The van der Waals surface area contributed by atoms with E-state index in [4.69, 9.17) is 4.42 Å². The molecule has 0 saturated heterocycles. The molecule has 126 valence electrons. The molecule has 0 aliphatic heterocycles. The van der Waals surface area contributed by atoms with Crippen molar-refractivity contribution in [3.63, 3.8) is 0 Å². The fraction of sp³-hybridized carbons (Fsp3) is 0.800. The number of aliphatic hydroxyl groups is 1. The lowest BCUT2D eigenvalue weighted by Gasteiger charge is -2.51. The van der Waals surface area contributed by atoms with Gasteiger partial charge in [0, 0.05) is 6.61 Å².